The van der Waals surface area contributed by atoms with Crippen molar-refractivity contribution in [3.63, 3.8) is 0 Å². The van der Waals surface area contributed by atoms with E-state index in [2.05, 4.69) is 4.98 Å². The molecule has 0 saturated carbocycles. The summed E-state index contributed by atoms with van der Waals surface area (Å²) in [6.07, 6.45) is 0.667. The number of H-pyrrole nitrogens is 1. The zero-order valence-corrected chi connectivity index (χ0v) is 15.5. The minimum absolute atomic E-state index is 0.139. The van der Waals surface area contributed by atoms with Crippen molar-refractivity contribution in [1.82, 2.24) is 9.88 Å². The largest absolute Gasteiger partial charge is 0.481 e. The average Bonchev–Trinajstić information content (AvgIpc) is 3.06. The molecule has 1 aromatic carbocycles. The number of benzene rings is 1. The molecule has 1 fully saturated rings. The van der Waals surface area contributed by atoms with Crippen LogP contribution in [0.1, 0.15) is 41.4 Å². The Balaban J connectivity index is 1.86. The van der Waals surface area contributed by atoms with Crippen LogP contribution in [0, 0.1) is 11.8 Å². The maximum Gasteiger partial charge on any atom is 0.308 e. The van der Waals surface area contributed by atoms with Crippen LogP contribution in [0.15, 0.2) is 47.3 Å². The highest BCUT2D eigenvalue weighted by Gasteiger charge is 2.40. The smallest absolute Gasteiger partial charge is 0.308 e. The first-order valence-corrected chi connectivity index (χ1v) is 9.15. The van der Waals surface area contributed by atoms with E-state index in [4.69, 9.17) is 0 Å². The molecule has 1 aromatic heterocycles. The van der Waals surface area contributed by atoms with Crippen molar-refractivity contribution in [1.29, 1.82) is 0 Å². The molecule has 2 aromatic rings. The fourth-order valence-electron chi connectivity index (χ4n) is 3.71. The molecule has 3 rings (SSSR count). The molecule has 0 bridgehead atoms. The monoisotopic (exact) mass is 368 g/mol. The minimum Gasteiger partial charge on any atom is -0.481 e. The molecule has 142 valence electrons. The van der Waals surface area contributed by atoms with Gasteiger partial charge in [0.25, 0.3) is 5.91 Å². The maximum absolute atomic E-state index is 13.0. The summed E-state index contributed by atoms with van der Waals surface area (Å²) in [7, 11) is 0. The van der Waals surface area contributed by atoms with Crippen LogP contribution in [0.25, 0.3) is 0 Å². The number of aromatic nitrogens is 1. The number of aromatic amines is 1. The summed E-state index contributed by atoms with van der Waals surface area (Å²) in [4.78, 5) is 41.0. The van der Waals surface area contributed by atoms with Gasteiger partial charge in [0.1, 0.15) is 0 Å². The molecule has 0 aliphatic carbocycles. The summed E-state index contributed by atoms with van der Waals surface area (Å²) in [5.74, 6) is -1.78. The van der Waals surface area contributed by atoms with E-state index in [1.165, 1.54) is 6.07 Å². The Bertz CT molecular complexity index is 889. The summed E-state index contributed by atoms with van der Waals surface area (Å²) in [6, 6.07) is 12.4. The number of carboxylic acids is 1. The number of rotatable bonds is 5. The first-order chi connectivity index (χ1) is 12.8. The number of hydrogen-bond donors (Lipinski definition) is 2. The molecule has 6 heteroatoms. The number of aliphatic carboxylic acids is 1. The Morgan fingerprint density at radius 3 is 2.52 bits per heavy atom. The molecule has 27 heavy (non-hydrogen) atoms. The molecule has 1 amide bonds. The van der Waals surface area contributed by atoms with Gasteiger partial charge in [0.15, 0.2) is 0 Å². The third-order valence-corrected chi connectivity index (χ3v) is 4.93. The number of nitrogens with one attached hydrogen (secondary N) is 1. The van der Waals surface area contributed by atoms with Crippen LogP contribution in [0.4, 0.5) is 0 Å². The minimum atomic E-state index is -0.912. The summed E-state index contributed by atoms with van der Waals surface area (Å²) in [6.45, 7) is 4.54. The zero-order valence-electron chi connectivity index (χ0n) is 15.5. The van der Waals surface area contributed by atoms with E-state index in [1.54, 1.807) is 11.0 Å². The topological polar surface area (TPSA) is 90.5 Å². The summed E-state index contributed by atoms with van der Waals surface area (Å²) < 4.78 is 0. The van der Waals surface area contributed by atoms with Crippen LogP contribution in [-0.4, -0.2) is 40.0 Å². The van der Waals surface area contributed by atoms with Crippen LogP contribution < -0.4 is 5.56 Å². The predicted molar refractivity (Wildman–Crippen MR) is 102 cm³/mol. The lowest BCUT2D eigenvalue weighted by Gasteiger charge is -2.17. The van der Waals surface area contributed by atoms with Gasteiger partial charge in [-0.05, 0) is 24.0 Å². The number of carbonyl (C=O) groups excluding carboxylic acids is 1. The number of carbonyl (C=O) groups is 2. The van der Waals surface area contributed by atoms with E-state index in [0.29, 0.717) is 24.4 Å². The lowest BCUT2D eigenvalue weighted by molar-refractivity contribution is -0.141. The van der Waals surface area contributed by atoms with Gasteiger partial charge in [0.05, 0.1) is 5.92 Å². The lowest BCUT2D eigenvalue weighted by Crippen LogP contribution is -2.31. The van der Waals surface area contributed by atoms with Crippen molar-refractivity contribution in [2.45, 2.75) is 26.2 Å². The highest BCUT2D eigenvalue weighted by molar-refractivity contribution is 5.95. The fourth-order valence-corrected chi connectivity index (χ4v) is 3.71. The summed E-state index contributed by atoms with van der Waals surface area (Å²) in [5.41, 5.74) is 1.62. The quantitative estimate of drug-likeness (QED) is 0.848. The fraction of sp³-hybridized carbons (Fsp3) is 0.381. The molecular formula is C21H24N2O4. The normalized spacial score (nSPS) is 19.4. The average molecular weight is 368 g/mol. The highest BCUT2D eigenvalue weighted by atomic mass is 16.4. The van der Waals surface area contributed by atoms with Crippen LogP contribution in [0.3, 0.4) is 0 Å². The van der Waals surface area contributed by atoms with Crippen LogP contribution in [-0.2, 0) is 11.2 Å². The standard InChI is InChI=1S/C21H24N2O4/c1-13(2)8-16-9-15(10-19(24)22-16)20(25)23-11-17(18(12-23)21(26)27)14-6-4-3-5-7-14/h3-7,9-10,13,17-18H,8,11-12H2,1-2H3,(H,22,24)(H,26,27)/t17-,18-/m0/s1. The third-order valence-electron chi connectivity index (χ3n) is 4.93. The number of likely N-dealkylation sites (tertiary alicyclic amines) is 1. The second-order valence-corrected chi connectivity index (χ2v) is 7.53. The van der Waals surface area contributed by atoms with E-state index in [9.17, 15) is 19.5 Å². The van der Waals surface area contributed by atoms with E-state index in [-0.39, 0.29) is 23.9 Å². The Labute approximate surface area is 157 Å². The SMILES string of the molecule is CC(C)Cc1cc(C(=O)N2C[C@H](C(=O)O)[C@H](c3ccccc3)C2)cc(=O)[nH]1. The number of nitrogens with zero attached hydrogens (tertiary/aromatic N) is 1. The molecule has 0 unspecified atom stereocenters. The third kappa shape index (κ3) is 4.27. The predicted octanol–water partition coefficient (Wildman–Crippen LogP) is 2.51. The van der Waals surface area contributed by atoms with Gasteiger partial charge in [-0.3, -0.25) is 14.4 Å². The van der Waals surface area contributed by atoms with E-state index in [1.807, 2.05) is 44.2 Å². The first kappa shape index (κ1) is 18.9. The summed E-state index contributed by atoms with van der Waals surface area (Å²) in [5, 5.41) is 9.61. The van der Waals surface area contributed by atoms with Gasteiger partial charge in [0, 0.05) is 36.3 Å². The molecule has 6 nitrogen and oxygen atoms in total. The molecule has 1 saturated heterocycles. The number of amides is 1. The Morgan fingerprint density at radius 1 is 1.19 bits per heavy atom. The Morgan fingerprint density at radius 2 is 1.89 bits per heavy atom. The van der Waals surface area contributed by atoms with Gasteiger partial charge >= 0.3 is 5.97 Å². The van der Waals surface area contributed by atoms with Crippen molar-refractivity contribution in [3.05, 3.63) is 69.6 Å². The van der Waals surface area contributed by atoms with E-state index in [0.717, 1.165) is 11.3 Å². The first-order valence-electron chi connectivity index (χ1n) is 9.15. The molecule has 0 radical (unpaired) electrons. The van der Waals surface area contributed by atoms with Crippen molar-refractivity contribution in [3.8, 4) is 0 Å². The van der Waals surface area contributed by atoms with Crippen molar-refractivity contribution >= 4 is 11.9 Å². The Kier molecular flexibility index (Phi) is 5.44. The second kappa shape index (κ2) is 7.78. The molecule has 1 aliphatic rings. The van der Waals surface area contributed by atoms with Crippen molar-refractivity contribution in [2.24, 2.45) is 11.8 Å². The van der Waals surface area contributed by atoms with Gasteiger partial charge in [-0.25, -0.2) is 0 Å². The lowest BCUT2D eigenvalue weighted by atomic mass is 9.89. The zero-order chi connectivity index (χ0) is 19.6. The van der Waals surface area contributed by atoms with Crippen molar-refractivity contribution < 1.29 is 14.7 Å². The molecule has 2 heterocycles. The number of pyridine rings is 1. The van der Waals surface area contributed by atoms with E-state index < -0.39 is 11.9 Å². The molecular weight excluding hydrogens is 344 g/mol. The van der Waals surface area contributed by atoms with Gasteiger partial charge in [-0.15, -0.1) is 0 Å². The molecule has 2 atom stereocenters. The second-order valence-electron chi connectivity index (χ2n) is 7.53. The van der Waals surface area contributed by atoms with Gasteiger partial charge in [0.2, 0.25) is 5.56 Å². The Hall–Kier alpha value is -2.89. The maximum atomic E-state index is 13.0. The number of carboxylic acid groups (broad SMARTS) is 1. The molecule has 1 aliphatic heterocycles. The van der Waals surface area contributed by atoms with Gasteiger partial charge < -0.3 is 15.0 Å². The van der Waals surface area contributed by atoms with E-state index >= 15 is 0 Å². The summed E-state index contributed by atoms with van der Waals surface area (Å²) >= 11 is 0. The van der Waals surface area contributed by atoms with Crippen molar-refractivity contribution in [2.75, 3.05) is 13.1 Å². The van der Waals surface area contributed by atoms with Crippen LogP contribution in [0.2, 0.25) is 0 Å². The van der Waals surface area contributed by atoms with Crippen LogP contribution >= 0.6 is 0 Å². The van der Waals surface area contributed by atoms with Gasteiger partial charge in [-0.1, -0.05) is 44.2 Å². The highest BCUT2D eigenvalue weighted by Crippen LogP contribution is 2.33. The van der Waals surface area contributed by atoms with Gasteiger partial charge in [-0.2, -0.15) is 0 Å². The van der Waals surface area contributed by atoms with Crippen LogP contribution in [0.5, 0.6) is 0 Å². The molecule has 0 spiro atoms. The number of hydrogen-bond acceptors (Lipinski definition) is 3. The molecule has 2 N–H and O–H groups in total.